The molecular weight excluding hydrogens is 466 g/mol. The van der Waals surface area contributed by atoms with E-state index in [0.717, 1.165) is 37.7 Å². The van der Waals surface area contributed by atoms with Crippen molar-refractivity contribution in [3.63, 3.8) is 0 Å². The molecule has 1 amide bonds. The predicted molar refractivity (Wildman–Crippen MR) is 137 cm³/mol. The SMILES string of the molecule is CC(C)OC(=O)[C@H]1[C@@H](C(C)(C)O[Si]C(C)(C)C)CCCN1C(=O)C1(c2ccc(Cl)cc2)CCC1. The maximum atomic E-state index is 14.2. The summed E-state index contributed by atoms with van der Waals surface area (Å²) in [6, 6.07) is 6.95. The highest BCUT2D eigenvalue weighted by Crippen LogP contribution is 2.47. The molecule has 1 heterocycles. The lowest BCUT2D eigenvalue weighted by Gasteiger charge is -2.51. The zero-order chi connectivity index (χ0) is 25.3. The Balaban J connectivity index is 1.96. The molecule has 1 saturated carbocycles. The second-order valence-corrected chi connectivity index (χ2v) is 14.0. The number of ether oxygens (including phenoxy) is 1. The van der Waals surface area contributed by atoms with E-state index in [4.69, 9.17) is 20.8 Å². The molecule has 1 aliphatic heterocycles. The van der Waals surface area contributed by atoms with Crippen molar-refractivity contribution in [3.05, 3.63) is 34.9 Å². The van der Waals surface area contributed by atoms with Crippen molar-refractivity contribution in [2.75, 3.05) is 6.54 Å². The summed E-state index contributed by atoms with van der Waals surface area (Å²) in [5.41, 5.74) is -0.185. The first-order chi connectivity index (χ1) is 15.8. The molecule has 7 heteroatoms. The van der Waals surface area contributed by atoms with E-state index in [0.29, 0.717) is 21.3 Å². The molecule has 2 fully saturated rings. The number of carbonyl (C=O) groups is 2. The number of benzene rings is 1. The van der Waals surface area contributed by atoms with Gasteiger partial charge in [0, 0.05) is 17.5 Å². The van der Waals surface area contributed by atoms with E-state index in [-0.39, 0.29) is 28.9 Å². The zero-order valence-electron chi connectivity index (χ0n) is 21.7. The molecule has 2 atom stereocenters. The summed E-state index contributed by atoms with van der Waals surface area (Å²) >= 11 is 6.13. The molecule has 34 heavy (non-hydrogen) atoms. The van der Waals surface area contributed by atoms with Gasteiger partial charge in [0.2, 0.25) is 15.7 Å². The molecule has 0 unspecified atom stereocenters. The molecule has 5 nitrogen and oxygen atoms in total. The number of esters is 1. The van der Waals surface area contributed by atoms with Gasteiger partial charge in [-0.1, -0.05) is 50.9 Å². The molecule has 1 aromatic carbocycles. The number of likely N-dealkylation sites (tertiary alicyclic amines) is 1. The minimum atomic E-state index is -0.659. The Hall–Kier alpha value is -1.37. The van der Waals surface area contributed by atoms with Crippen LogP contribution in [0, 0.1) is 5.92 Å². The van der Waals surface area contributed by atoms with Crippen LogP contribution in [0.3, 0.4) is 0 Å². The molecule has 0 aromatic heterocycles. The van der Waals surface area contributed by atoms with Crippen molar-refractivity contribution in [2.45, 2.75) is 109 Å². The third kappa shape index (κ3) is 5.88. The lowest BCUT2D eigenvalue weighted by Crippen LogP contribution is -2.63. The summed E-state index contributed by atoms with van der Waals surface area (Å²) in [7, 11) is 0.292. The first-order valence-electron chi connectivity index (χ1n) is 12.5. The third-order valence-corrected chi connectivity index (χ3v) is 8.50. The van der Waals surface area contributed by atoms with Crippen LogP contribution in [0.1, 0.15) is 86.1 Å². The Kier molecular flexibility index (Phi) is 8.26. The molecule has 1 saturated heterocycles. The van der Waals surface area contributed by atoms with Crippen molar-refractivity contribution < 1.29 is 18.8 Å². The summed E-state index contributed by atoms with van der Waals surface area (Å²) in [5, 5.41) is 0.681. The third-order valence-electron chi connectivity index (χ3n) is 7.01. The van der Waals surface area contributed by atoms with E-state index in [1.54, 1.807) is 0 Å². The predicted octanol–water partition coefficient (Wildman–Crippen LogP) is 5.95. The van der Waals surface area contributed by atoms with E-state index in [9.17, 15) is 9.59 Å². The van der Waals surface area contributed by atoms with Gasteiger partial charge < -0.3 is 14.1 Å². The number of nitrogens with zero attached hydrogens (tertiary/aromatic N) is 1. The van der Waals surface area contributed by atoms with E-state index in [1.807, 2.05) is 43.0 Å². The van der Waals surface area contributed by atoms with Crippen LogP contribution in [0.2, 0.25) is 10.1 Å². The largest absolute Gasteiger partial charge is 0.461 e. The van der Waals surface area contributed by atoms with Crippen molar-refractivity contribution in [1.82, 2.24) is 4.90 Å². The van der Waals surface area contributed by atoms with E-state index in [1.165, 1.54) is 0 Å². The minimum Gasteiger partial charge on any atom is -0.461 e. The number of carbonyl (C=O) groups excluding carboxylic acids is 2. The van der Waals surface area contributed by atoms with Crippen LogP contribution < -0.4 is 0 Å². The van der Waals surface area contributed by atoms with E-state index >= 15 is 0 Å². The number of amides is 1. The monoisotopic (exact) mass is 505 g/mol. The molecule has 2 radical (unpaired) electrons. The molecule has 0 bridgehead atoms. The number of hydrogen-bond donors (Lipinski definition) is 0. The molecular formula is C27H40ClNO4Si. The summed E-state index contributed by atoms with van der Waals surface area (Å²) < 4.78 is 12.2. The van der Waals surface area contributed by atoms with E-state index < -0.39 is 17.1 Å². The minimum absolute atomic E-state index is 0.0277. The first kappa shape index (κ1) is 27.2. The Morgan fingerprint density at radius 1 is 1.09 bits per heavy atom. The molecule has 2 aliphatic rings. The van der Waals surface area contributed by atoms with Crippen molar-refractivity contribution in [3.8, 4) is 0 Å². The second-order valence-electron chi connectivity index (χ2n) is 11.7. The fraction of sp³-hybridized carbons (Fsp3) is 0.704. The Morgan fingerprint density at radius 2 is 1.71 bits per heavy atom. The van der Waals surface area contributed by atoms with Gasteiger partial charge in [0.15, 0.2) is 0 Å². The van der Waals surface area contributed by atoms with Gasteiger partial charge in [-0.05, 0) is 76.1 Å². The van der Waals surface area contributed by atoms with Gasteiger partial charge in [-0.15, -0.1) is 0 Å². The average Bonchev–Trinajstić information content (AvgIpc) is 2.71. The smallest absolute Gasteiger partial charge is 0.329 e. The summed E-state index contributed by atoms with van der Waals surface area (Å²) in [6.07, 6.45) is 3.97. The van der Waals surface area contributed by atoms with Gasteiger partial charge in [-0.3, -0.25) is 4.79 Å². The number of hydrogen-bond acceptors (Lipinski definition) is 4. The van der Waals surface area contributed by atoms with Crippen LogP contribution in [-0.2, 0) is 24.2 Å². The number of rotatable bonds is 7. The summed E-state index contributed by atoms with van der Waals surface area (Å²) in [5.74, 6) is -0.436. The standard InChI is InChI=1S/C27H40ClNO4Si/c1-18(2)32-23(30)22-21(26(6,7)33-34-25(3,4)5)10-8-17-29(22)24(31)27(15-9-16-27)19-11-13-20(28)14-12-19/h11-14,18,21-22H,8-10,15-17H2,1-7H3/t21-,22+/m0/s1. The maximum absolute atomic E-state index is 14.2. The van der Waals surface area contributed by atoms with Crippen molar-refractivity contribution in [1.29, 1.82) is 0 Å². The van der Waals surface area contributed by atoms with Crippen LogP contribution in [0.15, 0.2) is 24.3 Å². The van der Waals surface area contributed by atoms with Gasteiger partial charge >= 0.3 is 5.97 Å². The van der Waals surface area contributed by atoms with Crippen LogP contribution in [0.5, 0.6) is 0 Å². The number of piperidine rings is 1. The van der Waals surface area contributed by atoms with E-state index in [2.05, 4.69) is 34.6 Å². The highest BCUT2D eigenvalue weighted by molar-refractivity contribution is 6.31. The first-order valence-corrected chi connectivity index (χ1v) is 13.8. The van der Waals surface area contributed by atoms with Crippen LogP contribution in [0.25, 0.3) is 0 Å². The molecule has 1 aliphatic carbocycles. The lowest BCUT2D eigenvalue weighted by molar-refractivity contribution is -0.171. The van der Waals surface area contributed by atoms with Gasteiger partial charge in [-0.25, -0.2) is 4.79 Å². The molecule has 0 N–H and O–H groups in total. The fourth-order valence-corrected chi connectivity index (χ4v) is 5.95. The topological polar surface area (TPSA) is 55.8 Å². The Morgan fingerprint density at radius 3 is 2.21 bits per heavy atom. The highest BCUT2D eigenvalue weighted by Gasteiger charge is 2.54. The number of halogens is 1. The Labute approximate surface area is 212 Å². The van der Waals surface area contributed by atoms with Crippen LogP contribution in [0.4, 0.5) is 0 Å². The van der Waals surface area contributed by atoms with Gasteiger partial charge in [0.1, 0.15) is 6.04 Å². The molecule has 3 rings (SSSR count). The lowest BCUT2D eigenvalue weighted by atomic mass is 9.63. The van der Waals surface area contributed by atoms with Crippen molar-refractivity contribution in [2.24, 2.45) is 5.92 Å². The summed E-state index contributed by atoms with van der Waals surface area (Å²) in [6.45, 7) is 14.8. The Bertz CT molecular complexity index is 874. The highest BCUT2D eigenvalue weighted by atomic mass is 35.5. The average molecular weight is 506 g/mol. The van der Waals surface area contributed by atoms with Gasteiger partial charge in [0.05, 0.1) is 17.1 Å². The van der Waals surface area contributed by atoms with Gasteiger partial charge in [-0.2, -0.15) is 0 Å². The van der Waals surface area contributed by atoms with Crippen molar-refractivity contribution >= 4 is 33.2 Å². The van der Waals surface area contributed by atoms with Gasteiger partial charge in [0.25, 0.3) is 0 Å². The quantitative estimate of drug-likeness (QED) is 0.339. The van der Waals surface area contributed by atoms with Crippen LogP contribution >= 0.6 is 11.6 Å². The van der Waals surface area contributed by atoms with Crippen LogP contribution in [-0.4, -0.2) is 50.8 Å². The maximum Gasteiger partial charge on any atom is 0.329 e. The summed E-state index contributed by atoms with van der Waals surface area (Å²) in [4.78, 5) is 29.6. The molecule has 188 valence electrons. The molecule has 0 spiro atoms. The second kappa shape index (κ2) is 10.3. The normalized spacial score (nSPS) is 22.9. The zero-order valence-corrected chi connectivity index (χ0v) is 23.5. The fourth-order valence-electron chi connectivity index (χ4n) is 5.11. The molecule has 1 aromatic rings.